The fourth-order valence-electron chi connectivity index (χ4n) is 1.22. The molecule has 3 atom stereocenters. The highest BCUT2D eigenvalue weighted by Gasteiger charge is 2.31. The molecule has 0 amide bonds. The molecule has 2 rings (SSSR count). The summed E-state index contributed by atoms with van der Waals surface area (Å²) in [7, 11) is 0. The van der Waals surface area contributed by atoms with Gasteiger partial charge in [0.2, 0.25) is 0 Å². The molecular formula is C10H14O4. The molecule has 3 unspecified atom stereocenters. The van der Waals surface area contributed by atoms with Crippen molar-refractivity contribution >= 4 is 5.97 Å². The van der Waals surface area contributed by atoms with E-state index in [1.54, 1.807) is 6.08 Å². The second-order valence-corrected chi connectivity index (χ2v) is 3.62. The molecule has 0 saturated carbocycles. The Morgan fingerprint density at radius 1 is 1.50 bits per heavy atom. The summed E-state index contributed by atoms with van der Waals surface area (Å²) in [6.45, 7) is 5.45. The van der Waals surface area contributed by atoms with E-state index < -0.39 is 0 Å². The topological polar surface area (TPSA) is 51.4 Å². The SMILES string of the molecule is C=CC(CC1CO1)C(=O)OCC1CO1. The van der Waals surface area contributed by atoms with Gasteiger partial charge in [0.15, 0.2) is 0 Å². The smallest absolute Gasteiger partial charge is 0.312 e. The van der Waals surface area contributed by atoms with E-state index in [1.807, 2.05) is 0 Å². The minimum absolute atomic E-state index is 0.126. The van der Waals surface area contributed by atoms with E-state index >= 15 is 0 Å². The number of epoxide rings is 2. The van der Waals surface area contributed by atoms with Gasteiger partial charge in [-0.25, -0.2) is 0 Å². The van der Waals surface area contributed by atoms with Crippen LogP contribution in [-0.4, -0.2) is 38.0 Å². The maximum atomic E-state index is 11.5. The lowest BCUT2D eigenvalue weighted by molar-refractivity contribution is -0.147. The molecule has 2 aliphatic heterocycles. The Morgan fingerprint density at radius 3 is 2.64 bits per heavy atom. The van der Waals surface area contributed by atoms with Crippen molar-refractivity contribution in [2.24, 2.45) is 5.92 Å². The van der Waals surface area contributed by atoms with Crippen LogP contribution in [0.1, 0.15) is 6.42 Å². The van der Waals surface area contributed by atoms with Crippen LogP contribution in [0.2, 0.25) is 0 Å². The van der Waals surface area contributed by atoms with Gasteiger partial charge in [-0.15, -0.1) is 6.58 Å². The van der Waals surface area contributed by atoms with Crippen LogP contribution in [0.15, 0.2) is 12.7 Å². The molecule has 0 radical (unpaired) electrons. The van der Waals surface area contributed by atoms with Crippen LogP contribution < -0.4 is 0 Å². The predicted octanol–water partition coefficient (Wildman–Crippen LogP) is 0.519. The lowest BCUT2D eigenvalue weighted by atomic mass is 10.0. The average molecular weight is 198 g/mol. The molecule has 2 fully saturated rings. The van der Waals surface area contributed by atoms with Gasteiger partial charge in [-0.1, -0.05) is 6.08 Å². The molecule has 0 aromatic heterocycles. The van der Waals surface area contributed by atoms with Gasteiger partial charge in [0.05, 0.1) is 25.2 Å². The van der Waals surface area contributed by atoms with E-state index in [0.29, 0.717) is 19.6 Å². The Morgan fingerprint density at radius 2 is 2.14 bits per heavy atom. The molecule has 78 valence electrons. The summed E-state index contributed by atoms with van der Waals surface area (Å²) in [4.78, 5) is 11.5. The molecule has 14 heavy (non-hydrogen) atoms. The van der Waals surface area contributed by atoms with E-state index in [0.717, 1.165) is 6.61 Å². The fourth-order valence-corrected chi connectivity index (χ4v) is 1.22. The summed E-state index contributed by atoms with van der Waals surface area (Å²) < 4.78 is 15.0. The first-order valence-corrected chi connectivity index (χ1v) is 4.82. The van der Waals surface area contributed by atoms with Crippen molar-refractivity contribution in [3.8, 4) is 0 Å². The van der Waals surface area contributed by atoms with Crippen LogP contribution in [0.5, 0.6) is 0 Å². The van der Waals surface area contributed by atoms with E-state index in [-0.39, 0.29) is 24.1 Å². The fraction of sp³-hybridized carbons (Fsp3) is 0.700. The molecule has 0 spiro atoms. The Labute approximate surface area is 82.8 Å². The molecule has 0 bridgehead atoms. The molecule has 0 N–H and O–H groups in total. The Kier molecular flexibility index (Phi) is 2.84. The monoisotopic (exact) mass is 198 g/mol. The third kappa shape index (κ3) is 2.82. The van der Waals surface area contributed by atoms with E-state index in [2.05, 4.69) is 6.58 Å². The van der Waals surface area contributed by atoms with Crippen molar-refractivity contribution in [3.05, 3.63) is 12.7 Å². The molecule has 2 saturated heterocycles. The summed E-state index contributed by atoms with van der Waals surface area (Å²) in [6, 6.07) is 0. The second-order valence-electron chi connectivity index (χ2n) is 3.62. The summed E-state index contributed by atoms with van der Waals surface area (Å²) in [5, 5.41) is 0. The van der Waals surface area contributed by atoms with Gasteiger partial charge >= 0.3 is 5.97 Å². The highest BCUT2D eigenvalue weighted by Crippen LogP contribution is 2.21. The molecule has 0 aliphatic carbocycles. The first kappa shape index (κ1) is 9.68. The minimum Gasteiger partial charge on any atom is -0.462 e. The number of hydrogen-bond donors (Lipinski definition) is 0. The predicted molar refractivity (Wildman–Crippen MR) is 48.7 cm³/mol. The maximum Gasteiger partial charge on any atom is 0.312 e. The first-order valence-electron chi connectivity index (χ1n) is 4.82. The van der Waals surface area contributed by atoms with Crippen molar-refractivity contribution in [2.75, 3.05) is 19.8 Å². The number of esters is 1. The zero-order valence-corrected chi connectivity index (χ0v) is 7.98. The molecule has 0 aromatic carbocycles. The molecule has 2 aliphatic rings. The third-order valence-electron chi connectivity index (χ3n) is 2.32. The highest BCUT2D eigenvalue weighted by atomic mass is 16.6. The molecular weight excluding hydrogens is 184 g/mol. The highest BCUT2D eigenvalue weighted by molar-refractivity contribution is 5.74. The summed E-state index contributed by atoms with van der Waals surface area (Å²) >= 11 is 0. The molecule has 4 nitrogen and oxygen atoms in total. The zero-order chi connectivity index (χ0) is 9.97. The Bertz CT molecular complexity index is 230. The minimum atomic E-state index is -0.235. The second kappa shape index (κ2) is 4.11. The van der Waals surface area contributed by atoms with E-state index in [1.165, 1.54) is 0 Å². The average Bonchev–Trinajstić information content (AvgIpc) is 3.02. The summed E-state index contributed by atoms with van der Waals surface area (Å²) in [6.07, 6.45) is 2.66. The van der Waals surface area contributed by atoms with Gasteiger partial charge in [0, 0.05) is 0 Å². The number of carbonyl (C=O) groups is 1. The van der Waals surface area contributed by atoms with Gasteiger partial charge in [-0.05, 0) is 6.42 Å². The van der Waals surface area contributed by atoms with E-state index in [9.17, 15) is 4.79 Å². The van der Waals surface area contributed by atoms with Gasteiger partial charge in [-0.3, -0.25) is 4.79 Å². The third-order valence-corrected chi connectivity index (χ3v) is 2.32. The quantitative estimate of drug-likeness (QED) is 0.354. The lowest BCUT2D eigenvalue weighted by Gasteiger charge is -2.09. The standard InChI is InChI=1S/C10H14O4/c1-2-7(3-8-4-12-8)10(11)14-6-9-5-13-9/h2,7-9H,1,3-6H2. The molecule has 4 heteroatoms. The summed E-state index contributed by atoms with van der Waals surface area (Å²) in [5.41, 5.74) is 0. The van der Waals surface area contributed by atoms with Gasteiger partial charge in [0.25, 0.3) is 0 Å². The van der Waals surface area contributed by atoms with Crippen molar-refractivity contribution in [2.45, 2.75) is 18.6 Å². The summed E-state index contributed by atoms with van der Waals surface area (Å²) in [5.74, 6) is -0.452. The van der Waals surface area contributed by atoms with Crippen molar-refractivity contribution in [1.29, 1.82) is 0 Å². The molecule has 0 aromatic rings. The maximum absolute atomic E-state index is 11.5. The van der Waals surface area contributed by atoms with Crippen LogP contribution in [0.3, 0.4) is 0 Å². The van der Waals surface area contributed by atoms with Crippen molar-refractivity contribution < 1.29 is 19.0 Å². The van der Waals surface area contributed by atoms with E-state index in [4.69, 9.17) is 14.2 Å². The normalized spacial score (nSPS) is 30.6. The molecule has 2 heterocycles. The number of rotatable bonds is 6. The zero-order valence-electron chi connectivity index (χ0n) is 7.98. The number of ether oxygens (including phenoxy) is 3. The largest absolute Gasteiger partial charge is 0.462 e. The van der Waals surface area contributed by atoms with Gasteiger partial charge < -0.3 is 14.2 Å². The van der Waals surface area contributed by atoms with Crippen LogP contribution in [0.4, 0.5) is 0 Å². The Hall–Kier alpha value is -0.870. The first-order chi connectivity index (χ1) is 6.79. The van der Waals surface area contributed by atoms with Crippen LogP contribution >= 0.6 is 0 Å². The van der Waals surface area contributed by atoms with Crippen molar-refractivity contribution in [3.63, 3.8) is 0 Å². The van der Waals surface area contributed by atoms with Crippen LogP contribution in [0.25, 0.3) is 0 Å². The number of carbonyl (C=O) groups excluding carboxylic acids is 1. The van der Waals surface area contributed by atoms with Gasteiger partial charge in [0.1, 0.15) is 12.7 Å². The van der Waals surface area contributed by atoms with Crippen LogP contribution in [0, 0.1) is 5.92 Å². The van der Waals surface area contributed by atoms with Gasteiger partial charge in [-0.2, -0.15) is 0 Å². The van der Waals surface area contributed by atoms with Crippen molar-refractivity contribution in [1.82, 2.24) is 0 Å². The number of hydrogen-bond acceptors (Lipinski definition) is 4. The lowest BCUT2D eigenvalue weighted by Crippen LogP contribution is -2.19. The van der Waals surface area contributed by atoms with Crippen LogP contribution in [-0.2, 0) is 19.0 Å². The Balaban J connectivity index is 1.70.